The molecule has 156 valence electrons. The minimum absolute atomic E-state index is 0.0605. The number of rotatable bonds is 5. The van der Waals surface area contributed by atoms with Crippen molar-refractivity contribution in [1.29, 1.82) is 0 Å². The number of phenols is 1. The molecule has 0 radical (unpaired) electrons. The molecule has 31 heavy (non-hydrogen) atoms. The Morgan fingerprint density at radius 1 is 1.03 bits per heavy atom. The van der Waals surface area contributed by atoms with Crippen LogP contribution in [0.4, 0.5) is 4.79 Å². The van der Waals surface area contributed by atoms with Crippen molar-refractivity contribution in [3.63, 3.8) is 0 Å². The summed E-state index contributed by atoms with van der Waals surface area (Å²) >= 11 is 3.32. The van der Waals surface area contributed by atoms with E-state index in [9.17, 15) is 14.7 Å². The minimum atomic E-state index is -0.762. The van der Waals surface area contributed by atoms with Gasteiger partial charge in [-0.1, -0.05) is 60.7 Å². The SMILES string of the molecule is COc1cc(C2NC(=O)NC(c3ccccc3)=C2C(=O)c2ccccc2)cc(Br)c1O. The first-order chi connectivity index (χ1) is 15.0. The van der Waals surface area contributed by atoms with Gasteiger partial charge in [0.2, 0.25) is 0 Å². The minimum Gasteiger partial charge on any atom is -0.503 e. The molecule has 3 aromatic rings. The smallest absolute Gasteiger partial charge is 0.320 e. The number of hydrogen-bond acceptors (Lipinski definition) is 4. The lowest BCUT2D eigenvalue weighted by Crippen LogP contribution is -2.45. The number of halogens is 1. The maximum Gasteiger partial charge on any atom is 0.320 e. The lowest BCUT2D eigenvalue weighted by molar-refractivity contribution is 0.102. The molecule has 2 amide bonds. The predicted octanol–water partition coefficient (Wildman–Crippen LogP) is 4.81. The number of hydrogen-bond donors (Lipinski definition) is 3. The number of Topliss-reactive ketones (excluding diaryl/α,β-unsaturated/α-hetero) is 1. The summed E-state index contributed by atoms with van der Waals surface area (Å²) < 4.78 is 5.66. The number of nitrogens with one attached hydrogen (secondary N) is 2. The maximum atomic E-state index is 13.6. The molecule has 0 saturated heterocycles. The van der Waals surface area contributed by atoms with Crippen LogP contribution in [0.1, 0.15) is 27.5 Å². The van der Waals surface area contributed by atoms with Gasteiger partial charge in [0.1, 0.15) is 0 Å². The van der Waals surface area contributed by atoms with E-state index in [0.29, 0.717) is 32.4 Å². The van der Waals surface area contributed by atoms with Gasteiger partial charge >= 0.3 is 6.03 Å². The van der Waals surface area contributed by atoms with E-state index in [0.717, 1.165) is 0 Å². The highest BCUT2D eigenvalue weighted by atomic mass is 79.9. The van der Waals surface area contributed by atoms with Gasteiger partial charge < -0.3 is 20.5 Å². The van der Waals surface area contributed by atoms with Crippen molar-refractivity contribution in [1.82, 2.24) is 10.6 Å². The van der Waals surface area contributed by atoms with E-state index in [1.54, 1.807) is 36.4 Å². The van der Waals surface area contributed by atoms with E-state index in [1.807, 2.05) is 36.4 Å². The van der Waals surface area contributed by atoms with Crippen LogP contribution in [0, 0.1) is 0 Å². The van der Waals surface area contributed by atoms with Crippen molar-refractivity contribution < 1.29 is 19.4 Å². The number of ether oxygens (including phenoxy) is 1. The van der Waals surface area contributed by atoms with Crippen molar-refractivity contribution in [3.8, 4) is 11.5 Å². The highest BCUT2D eigenvalue weighted by molar-refractivity contribution is 9.10. The fourth-order valence-electron chi connectivity index (χ4n) is 3.55. The Morgan fingerprint density at radius 2 is 1.68 bits per heavy atom. The van der Waals surface area contributed by atoms with Crippen LogP contribution < -0.4 is 15.4 Å². The lowest BCUT2D eigenvalue weighted by Gasteiger charge is -2.30. The van der Waals surface area contributed by atoms with Gasteiger partial charge in [-0.2, -0.15) is 0 Å². The molecule has 0 aliphatic carbocycles. The Labute approximate surface area is 187 Å². The van der Waals surface area contributed by atoms with Gasteiger partial charge in [-0.05, 0) is 39.2 Å². The molecule has 0 spiro atoms. The first-order valence-electron chi connectivity index (χ1n) is 9.53. The Morgan fingerprint density at radius 3 is 2.32 bits per heavy atom. The number of carbonyl (C=O) groups is 2. The fraction of sp³-hybridized carbons (Fsp3) is 0.0833. The summed E-state index contributed by atoms with van der Waals surface area (Å²) in [6.45, 7) is 0. The highest BCUT2D eigenvalue weighted by Gasteiger charge is 2.34. The summed E-state index contributed by atoms with van der Waals surface area (Å²) in [6, 6.07) is 20.2. The van der Waals surface area contributed by atoms with E-state index >= 15 is 0 Å². The second kappa shape index (κ2) is 8.65. The molecule has 0 saturated carbocycles. The molecule has 6 nitrogen and oxygen atoms in total. The van der Waals surface area contributed by atoms with E-state index in [-0.39, 0.29) is 17.3 Å². The molecule has 1 atom stereocenters. The largest absolute Gasteiger partial charge is 0.503 e. The third-order valence-electron chi connectivity index (χ3n) is 5.02. The molecule has 1 aliphatic rings. The van der Waals surface area contributed by atoms with Gasteiger partial charge in [0.25, 0.3) is 0 Å². The quantitative estimate of drug-likeness (QED) is 0.459. The second-order valence-electron chi connectivity index (χ2n) is 6.93. The number of ketones is 1. The first-order valence-corrected chi connectivity index (χ1v) is 10.3. The molecule has 0 aromatic heterocycles. The normalized spacial score (nSPS) is 15.8. The summed E-state index contributed by atoms with van der Waals surface area (Å²) in [5, 5.41) is 15.9. The second-order valence-corrected chi connectivity index (χ2v) is 7.79. The molecule has 3 aromatic carbocycles. The Balaban J connectivity index is 1.96. The Bertz CT molecular complexity index is 1180. The van der Waals surface area contributed by atoms with Gasteiger partial charge in [-0.15, -0.1) is 0 Å². The number of amides is 2. The molecule has 1 aliphatic heterocycles. The van der Waals surface area contributed by atoms with Gasteiger partial charge in [0, 0.05) is 5.56 Å². The molecule has 0 fully saturated rings. The summed E-state index contributed by atoms with van der Waals surface area (Å²) in [5.41, 5.74) is 2.62. The van der Waals surface area contributed by atoms with Gasteiger partial charge in [0.15, 0.2) is 17.3 Å². The van der Waals surface area contributed by atoms with Crippen LogP contribution in [0.25, 0.3) is 5.70 Å². The zero-order chi connectivity index (χ0) is 22.0. The van der Waals surface area contributed by atoms with Crippen LogP contribution in [-0.2, 0) is 0 Å². The molecule has 7 heteroatoms. The molecular weight excluding hydrogens is 460 g/mol. The van der Waals surface area contributed by atoms with E-state index in [1.165, 1.54) is 7.11 Å². The van der Waals surface area contributed by atoms with E-state index in [2.05, 4.69) is 26.6 Å². The zero-order valence-corrected chi connectivity index (χ0v) is 18.1. The Kier molecular flexibility index (Phi) is 5.77. The number of aromatic hydroxyl groups is 1. The summed E-state index contributed by atoms with van der Waals surface area (Å²) in [4.78, 5) is 26.2. The van der Waals surface area contributed by atoms with E-state index < -0.39 is 12.1 Å². The number of phenolic OH excluding ortho intramolecular Hbond substituents is 1. The van der Waals surface area contributed by atoms with Crippen molar-refractivity contribution in [3.05, 3.63) is 99.5 Å². The topological polar surface area (TPSA) is 87.7 Å². The predicted molar refractivity (Wildman–Crippen MR) is 121 cm³/mol. The van der Waals surface area contributed by atoms with Crippen LogP contribution in [0.3, 0.4) is 0 Å². The summed E-state index contributed by atoms with van der Waals surface area (Å²) in [6.07, 6.45) is 0. The van der Waals surface area contributed by atoms with Crippen LogP contribution in [0.5, 0.6) is 11.5 Å². The average Bonchev–Trinajstić information content (AvgIpc) is 2.81. The van der Waals surface area contributed by atoms with Gasteiger partial charge in [-0.25, -0.2) is 4.79 Å². The average molecular weight is 479 g/mol. The summed E-state index contributed by atoms with van der Waals surface area (Å²) in [5.74, 6) is -0.0558. The molecule has 4 rings (SSSR count). The van der Waals surface area contributed by atoms with Crippen LogP contribution in [0.2, 0.25) is 0 Å². The van der Waals surface area contributed by atoms with Crippen LogP contribution >= 0.6 is 15.9 Å². The van der Waals surface area contributed by atoms with Crippen molar-refractivity contribution >= 4 is 33.4 Å². The van der Waals surface area contributed by atoms with Crippen molar-refractivity contribution in [2.24, 2.45) is 0 Å². The molecule has 3 N–H and O–H groups in total. The van der Waals surface area contributed by atoms with Gasteiger partial charge in [0.05, 0.1) is 28.9 Å². The molecule has 1 unspecified atom stereocenters. The third-order valence-corrected chi connectivity index (χ3v) is 5.62. The Hall–Kier alpha value is -3.58. The molecule has 0 bridgehead atoms. The highest BCUT2D eigenvalue weighted by Crippen LogP contribution is 2.40. The monoisotopic (exact) mass is 478 g/mol. The summed E-state index contributed by atoms with van der Waals surface area (Å²) in [7, 11) is 1.44. The molecule has 1 heterocycles. The van der Waals surface area contributed by atoms with Crippen LogP contribution in [0.15, 0.2) is 82.8 Å². The van der Waals surface area contributed by atoms with Crippen molar-refractivity contribution in [2.45, 2.75) is 6.04 Å². The fourth-order valence-corrected chi connectivity index (χ4v) is 4.01. The number of methoxy groups -OCH3 is 1. The number of benzene rings is 3. The zero-order valence-electron chi connectivity index (χ0n) is 16.6. The molecular formula is C24H19BrN2O4. The number of carbonyl (C=O) groups excluding carboxylic acids is 2. The standard InChI is InChI=1S/C24H19BrN2O4/c1-31-18-13-16(12-17(25)23(18)29)21-19(22(28)15-10-6-3-7-11-15)20(26-24(30)27-21)14-8-4-2-5-9-14/h2-13,21,29H,1H3,(H2,26,27,30). The van der Waals surface area contributed by atoms with Crippen LogP contribution in [-0.4, -0.2) is 24.0 Å². The maximum absolute atomic E-state index is 13.6. The van der Waals surface area contributed by atoms with E-state index in [4.69, 9.17) is 4.74 Å². The first kappa shape index (κ1) is 20.7. The lowest BCUT2D eigenvalue weighted by atomic mass is 9.87. The number of urea groups is 1. The third kappa shape index (κ3) is 4.04. The van der Waals surface area contributed by atoms with Gasteiger partial charge in [-0.3, -0.25) is 4.79 Å². The van der Waals surface area contributed by atoms with Crippen molar-refractivity contribution in [2.75, 3.05) is 7.11 Å².